The van der Waals surface area contributed by atoms with E-state index in [9.17, 15) is 9.18 Å². The number of halogens is 1. The summed E-state index contributed by atoms with van der Waals surface area (Å²) in [5, 5.41) is 4.44. The van der Waals surface area contributed by atoms with Crippen molar-refractivity contribution in [2.45, 2.75) is 6.92 Å². The van der Waals surface area contributed by atoms with E-state index >= 15 is 0 Å². The number of nitrogens with zero attached hydrogens (tertiary/aromatic N) is 4. The molecule has 5 nitrogen and oxygen atoms in total. The van der Waals surface area contributed by atoms with Gasteiger partial charge in [-0.15, -0.1) is 0 Å². The third-order valence-electron chi connectivity index (χ3n) is 3.70. The second-order valence-electron chi connectivity index (χ2n) is 5.37. The van der Waals surface area contributed by atoms with Crippen molar-refractivity contribution < 1.29 is 4.39 Å². The normalized spacial score (nSPS) is 11.1. The minimum absolute atomic E-state index is 0.254. The lowest BCUT2D eigenvalue weighted by atomic mass is 10.1. The molecule has 0 radical (unpaired) electrons. The predicted octanol–water partition coefficient (Wildman–Crippen LogP) is 3.35. The molecule has 2 aromatic heterocycles. The molecule has 0 saturated heterocycles. The van der Waals surface area contributed by atoms with Crippen molar-refractivity contribution in [3.63, 3.8) is 0 Å². The van der Waals surface area contributed by atoms with Crippen molar-refractivity contribution in [2.75, 3.05) is 0 Å². The molecule has 0 N–H and O–H groups in total. The van der Waals surface area contributed by atoms with Crippen molar-refractivity contribution in [3.8, 4) is 16.9 Å². The summed E-state index contributed by atoms with van der Waals surface area (Å²) in [4.78, 5) is 12.4. The molecule has 2 heterocycles. The van der Waals surface area contributed by atoms with Crippen LogP contribution in [0.2, 0.25) is 0 Å². The van der Waals surface area contributed by atoms with E-state index in [0.29, 0.717) is 28.0 Å². The quantitative estimate of drug-likeness (QED) is 0.562. The van der Waals surface area contributed by atoms with E-state index < -0.39 is 0 Å². The molecule has 4 aromatic rings. The molecular formula is C17H11FN4OS. The van der Waals surface area contributed by atoms with Gasteiger partial charge in [0.25, 0.3) is 5.56 Å². The third kappa shape index (κ3) is 2.48. The molecule has 0 amide bonds. The molecule has 4 rings (SSSR count). The Hall–Kier alpha value is -2.93. The zero-order chi connectivity index (χ0) is 16.7. The molecule has 0 aliphatic rings. The maximum Gasteiger partial charge on any atom is 0.271 e. The van der Waals surface area contributed by atoms with Gasteiger partial charge in [-0.3, -0.25) is 4.79 Å². The molecule has 0 unspecified atom stereocenters. The minimum atomic E-state index is -0.346. The van der Waals surface area contributed by atoms with Gasteiger partial charge in [0.2, 0.25) is 0 Å². The zero-order valence-corrected chi connectivity index (χ0v) is 13.4. The summed E-state index contributed by atoms with van der Waals surface area (Å²) < 4.78 is 23.1. The molecule has 0 saturated carbocycles. The Labute approximate surface area is 140 Å². The fraction of sp³-hybridized carbons (Fsp3) is 0.0588. The Bertz CT molecular complexity index is 1120. The van der Waals surface area contributed by atoms with E-state index in [0.717, 1.165) is 17.2 Å². The third-order valence-corrected chi connectivity index (χ3v) is 4.26. The lowest BCUT2D eigenvalue weighted by Gasteiger charge is -2.10. The van der Waals surface area contributed by atoms with E-state index in [2.05, 4.69) is 13.8 Å². The van der Waals surface area contributed by atoms with Gasteiger partial charge >= 0.3 is 0 Å². The Morgan fingerprint density at radius 3 is 2.71 bits per heavy atom. The average Bonchev–Trinajstić information content (AvgIpc) is 3.02. The maximum absolute atomic E-state index is 13.5. The first-order valence-electron chi connectivity index (χ1n) is 7.21. The summed E-state index contributed by atoms with van der Waals surface area (Å²) in [6.45, 7) is 1.78. The monoisotopic (exact) mass is 338 g/mol. The van der Waals surface area contributed by atoms with Crippen molar-refractivity contribution in [3.05, 3.63) is 70.3 Å². The molecule has 0 spiro atoms. The fourth-order valence-electron chi connectivity index (χ4n) is 2.55. The largest absolute Gasteiger partial charge is 0.271 e. The minimum Gasteiger partial charge on any atom is -0.267 e. The van der Waals surface area contributed by atoms with E-state index in [1.165, 1.54) is 22.9 Å². The molecule has 118 valence electrons. The number of aromatic nitrogens is 4. The van der Waals surface area contributed by atoms with Gasteiger partial charge in [-0.1, -0.05) is 12.1 Å². The van der Waals surface area contributed by atoms with Crippen LogP contribution in [-0.2, 0) is 0 Å². The van der Waals surface area contributed by atoms with Crippen LogP contribution < -0.4 is 5.56 Å². The van der Waals surface area contributed by atoms with Gasteiger partial charge in [-0.05, 0) is 42.8 Å². The first-order valence-corrected chi connectivity index (χ1v) is 7.94. The van der Waals surface area contributed by atoms with Crippen LogP contribution in [0.4, 0.5) is 4.39 Å². The van der Waals surface area contributed by atoms with Crippen molar-refractivity contribution >= 4 is 22.8 Å². The van der Waals surface area contributed by atoms with Gasteiger partial charge in [0.05, 0.1) is 23.1 Å². The first kappa shape index (κ1) is 14.6. The van der Waals surface area contributed by atoms with Crippen LogP contribution in [0.5, 0.6) is 0 Å². The van der Waals surface area contributed by atoms with E-state index in [-0.39, 0.29) is 11.4 Å². The van der Waals surface area contributed by atoms with E-state index in [4.69, 9.17) is 0 Å². The zero-order valence-electron chi connectivity index (χ0n) is 12.6. The summed E-state index contributed by atoms with van der Waals surface area (Å²) in [5.41, 5.74) is 3.70. The Morgan fingerprint density at radius 1 is 1.04 bits per heavy atom. The van der Waals surface area contributed by atoms with Crippen LogP contribution in [0.3, 0.4) is 0 Å². The lowest BCUT2D eigenvalue weighted by molar-refractivity contribution is 0.628. The van der Waals surface area contributed by atoms with Gasteiger partial charge in [0, 0.05) is 11.6 Å². The molecule has 2 aromatic carbocycles. The van der Waals surface area contributed by atoms with Gasteiger partial charge in [0.1, 0.15) is 16.9 Å². The summed E-state index contributed by atoms with van der Waals surface area (Å²) >= 11 is 1.12. The van der Waals surface area contributed by atoms with Crippen LogP contribution in [0, 0.1) is 12.7 Å². The van der Waals surface area contributed by atoms with Crippen molar-refractivity contribution in [2.24, 2.45) is 0 Å². The van der Waals surface area contributed by atoms with Crippen LogP contribution in [0.25, 0.3) is 28.0 Å². The topological polar surface area (TPSA) is 60.7 Å². The fourth-order valence-corrected chi connectivity index (χ4v) is 3.07. The Morgan fingerprint density at radius 2 is 1.88 bits per heavy atom. The SMILES string of the molecule is Cc1cc(=O)n(-c2ccc3nsnc3c2)nc1-c1cccc(F)c1. The standard InChI is InChI=1S/C17H11FN4OS/c1-10-7-16(23)22(13-5-6-14-15(9-13)21-24-20-14)19-17(10)11-3-2-4-12(18)8-11/h2-9H,1H3. The number of rotatable bonds is 2. The summed E-state index contributed by atoms with van der Waals surface area (Å²) in [7, 11) is 0. The number of fused-ring (bicyclic) bond motifs is 1. The number of aryl methyl sites for hydroxylation is 1. The summed E-state index contributed by atoms with van der Waals surface area (Å²) in [6.07, 6.45) is 0. The van der Waals surface area contributed by atoms with E-state index in [1.807, 2.05) is 0 Å². The number of hydrogen-bond acceptors (Lipinski definition) is 5. The summed E-state index contributed by atoms with van der Waals surface area (Å²) in [6, 6.07) is 13.0. The Balaban J connectivity index is 1.92. The van der Waals surface area contributed by atoms with Gasteiger partial charge in [-0.25, -0.2) is 4.39 Å². The van der Waals surface area contributed by atoms with Crippen LogP contribution in [-0.4, -0.2) is 18.5 Å². The highest BCUT2D eigenvalue weighted by molar-refractivity contribution is 7.00. The highest BCUT2D eigenvalue weighted by atomic mass is 32.1. The molecule has 7 heteroatoms. The molecular weight excluding hydrogens is 327 g/mol. The van der Waals surface area contributed by atoms with E-state index in [1.54, 1.807) is 37.3 Å². The van der Waals surface area contributed by atoms with Crippen LogP contribution in [0.1, 0.15) is 5.56 Å². The highest BCUT2D eigenvalue weighted by Crippen LogP contribution is 2.22. The Kier molecular flexibility index (Phi) is 3.42. The van der Waals surface area contributed by atoms with Crippen LogP contribution in [0.15, 0.2) is 53.3 Å². The van der Waals surface area contributed by atoms with Gasteiger partial charge in [-0.2, -0.15) is 18.5 Å². The molecule has 24 heavy (non-hydrogen) atoms. The second kappa shape index (κ2) is 5.61. The molecule has 0 atom stereocenters. The lowest BCUT2D eigenvalue weighted by Crippen LogP contribution is -2.21. The molecule has 0 fully saturated rings. The second-order valence-corrected chi connectivity index (χ2v) is 5.90. The van der Waals surface area contributed by atoms with Gasteiger partial charge < -0.3 is 0 Å². The first-order chi connectivity index (χ1) is 11.6. The average molecular weight is 338 g/mol. The highest BCUT2D eigenvalue weighted by Gasteiger charge is 2.11. The maximum atomic E-state index is 13.5. The summed E-state index contributed by atoms with van der Waals surface area (Å²) in [5.74, 6) is -0.346. The number of hydrogen-bond donors (Lipinski definition) is 0. The predicted molar refractivity (Wildman–Crippen MR) is 90.9 cm³/mol. The molecule has 0 aliphatic heterocycles. The molecule has 0 bridgehead atoms. The number of benzene rings is 2. The smallest absolute Gasteiger partial charge is 0.267 e. The van der Waals surface area contributed by atoms with Crippen LogP contribution >= 0.6 is 11.7 Å². The van der Waals surface area contributed by atoms with Gasteiger partial charge in [0.15, 0.2) is 0 Å². The van der Waals surface area contributed by atoms with Crippen molar-refractivity contribution in [1.82, 2.24) is 18.5 Å². The molecule has 0 aliphatic carbocycles. The van der Waals surface area contributed by atoms with Crippen molar-refractivity contribution in [1.29, 1.82) is 0 Å².